The van der Waals surface area contributed by atoms with Crippen molar-refractivity contribution in [1.82, 2.24) is 0 Å². The van der Waals surface area contributed by atoms with Crippen LogP contribution in [0.15, 0.2) is 18.2 Å². The van der Waals surface area contributed by atoms with Gasteiger partial charge < -0.3 is 10.0 Å². The van der Waals surface area contributed by atoms with Crippen molar-refractivity contribution in [3.05, 3.63) is 29.6 Å². The maximum absolute atomic E-state index is 13.4. The summed E-state index contributed by atoms with van der Waals surface area (Å²) in [5, 5.41) is 8.95. The van der Waals surface area contributed by atoms with Crippen molar-refractivity contribution in [3.8, 4) is 0 Å². The minimum absolute atomic E-state index is 0.0395. The summed E-state index contributed by atoms with van der Waals surface area (Å²) in [4.78, 5) is 24.2. The second-order valence-electron chi connectivity index (χ2n) is 4.81. The van der Waals surface area contributed by atoms with Crippen molar-refractivity contribution in [2.24, 2.45) is 0 Å². The van der Waals surface area contributed by atoms with Crippen LogP contribution in [0.1, 0.15) is 37.7 Å². The van der Waals surface area contributed by atoms with Crippen molar-refractivity contribution < 1.29 is 19.1 Å². The van der Waals surface area contributed by atoms with Gasteiger partial charge in [0.1, 0.15) is 5.82 Å². The Labute approximate surface area is 110 Å². The number of benzene rings is 1. The summed E-state index contributed by atoms with van der Waals surface area (Å²) in [5.41, 5.74) is 1.26. The Morgan fingerprint density at radius 2 is 2.21 bits per heavy atom. The maximum atomic E-state index is 13.4. The average Bonchev–Trinajstić information content (AvgIpc) is 2.48. The molecule has 1 unspecified atom stereocenters. The molecule has 1 aromatic rings. The molecule has 4 nitrogen and oxygen atoms in total. The van der Waals surface area contributed by atoms with Gasteiger partial charge in [0.15, 0.2) is 0 Å². The lowest BCUT2D eigenvalue weighted by Gasteiger charge is -2.22. The summed E-state index contributed by atoms with van der Waals surface area (Å²) >= 11 is 0. The summed E-state index contributed by atoms with van der Waals surface area (Å²) in [5.74, 6) is -1.66. The van der Waals surface area contributed by atoms with Gasteiger partial charge >= 0.3 is 5.97 Å². The van der Waals surface area contributed by atoms with Crippen LogP contribution in [0.25, 0.3) is 0 Å². The first-order valence-electron chi connectivity index (χ1n) is 6.28. The van der Waals surface area contributed by atoms with Gasteiger partial charge in [-0.3, -0.25) is 9.59 Å². The van der Waals surface area contributed by atoms with Crippen LogP contribution in [-0.2, 0) is 9.59 Å². The minimum Gasteiger partial charge on any atom is -0.481 e. The first-order valence-corrected chi connectivity index (χ1v) is 6.28. The number of hydrogen-bond acceptors (Lipinski definition) is 2. The molecule has 0 aromatic heterocycles. The van der Waals surface area contributed by atoms with Crippen molar-refractivity contribution in [2.45, 2.75) is 32.1 Å². The fourth-order valence-electron chi connectivity index (χ4n) is 2.62. The standard InChI is InChI=1S/C14H16FNO3/c1-9(17)16-6-2-3-10(7-14(18)19)12-8-11(15)4-5-13(12)16/h4-5,8,10H,2-3,6-7H2,1H3,(H,18,19). The van der Waals surface area contributed by atoms with Crippen LogP contribution in [0.2, 0.25) is 0 Å². The van der Waals surface area contributed by atoms with E-state index in [1.54, 1.807) is 11.0 Å². The Morgan fingerprint density at radius 3 is 2.84 bits per heavy atom. The minimum atomic E-state index is -0.906. The van der Waals surface area contributed by atoms with Crippen molar-refractivity contribution in [2.75, 3.05) is 11.4 Å². The summed E-state index contributed by atoms with van der Waals surface area (Å²) in [6.07, 6.45) is 1.32. The fourth-order valence-corrected chi connectivity index (χ4v) is 2.62. The second kappa shape index (κ2) is 5.38. The van der Waals surface area contributed by atoms with E-state index in [0.29, 0.717) is 30.6 Å². The van der Waals surface area contributed by atoms with E-state index in [0.717, 1.165) is 0 Å². The Kier molecular flexibility index (Phi) is 3.83. The van der Waals surface area contributed by atoms with Crippen molar-refractivity contribution in [3.63, 3.8) is 0 Å². The smallest absolute Gasteiger partial charge is 0.303 e. The molecular formula is C14H16FNO3. The number of halogens is 1. The lowest BCUT2D eigenvalue weighted by atomic mass is 9.91. The quantitative estimate of drug-likeness (QED) is 0.894. The van der Waals surface area contributed by atoms with Crippen molar-refractivity contribution in [1.29, 1.82) is 0 Å². The highest BCUT2D eigenvalue weighted by Gasteiger charge is 2.26. The Hall–Kier alpha value is -1.91. The average molecular weight is 265 g/mol. The number of rotatable bonds is 2. The molecule has 2 rings (SSSR count). The third-order valence-electron chi connectivity index (χ3n) is 3.46. The van der Waals surface area contributed by atoms with Crippen LogP contribution in [0, 0.1) is 5.82 Å². The summed E-state index contributed by atoms with van der Waals surface area (Å²) in [6, 6.07) is 4.22. The third-order valence-corrected chi connectivity index (χ3v) is 3.46. The number of amides is 1. The lowest BCUT2D eigenvalue weighted by Crippen LogP contribution is -2.29. The van der Waals surface area contributed by atoms with Crippen LogP contribution in [0.5, 0.6) is 0 Å². The molecule has 19 heavy (non-hydrogen) atoms. The van der Waals surface area contributed by atoms with Gasteiger partial charge in [0, 0.05) is 19.2 Å². The summed E-state index contributed by atoms with van der Waals surface area (Å²) in [6.45, 7) is 2.01. The lowest BCUT2D eigenvalue weighted by molar-refractivity contribution is -0.137. The molecule has 0 fully saturated rings. The molecule has 0 saturated carbocycles. The van der Waals surface area contributed by atoms with Crippen LogP contribution >= 0.6 is 0 Å². The fraction of sp³-hybridized carbons (Fsp3) is 0.429. The largest absolute Gasteiger partial charge is 0.481 e. The highest BCUT2D eigenvalue weighted by atomic mass is 19.1. The highest BCUT2D eigenvalue weighted by molar-refractivity contribution is 5.92. The predicted octanol–water partition coefficient (Wildman–Crippen LogP) is 2.53. The molecule has 1 aliphatic heterocycles. The first-order chi connectivity index (χ1) is 8.99. The molecule has 1 aliphatic rings. The molecule has 0 saturated heterocycles. The normalized spacial score (nSPS) is 18.6. The zero-order valence-electron chi connectivity index (χ0n) is 10.7. The Balaban J connectivity index is 2.47. The van der Waals surface area contributed by atoms with E-state index in [1.165, 1.54) is 19.1 Å². The number of carboxylic acids is 1. The molecule has 102 valence electrons. The molecule has 0 spiro atoms. The van der Waals surface area contributed by atoms with E-state index in [1.807, 2.05) is 0 Å². The number of aliphatic carboxylic acids is 1. The molecule has 5 heteroatoms. The Bertz CT molecular complexity index is 515. The van der Waals surface area contributed by atoms with Crippen LogP contribution < -0.4 is 4.90 Å². The number of nitrogens with zero attached hydrogens (tertiary/aromatic N) is 1. The van der Waals surface area contributed by atoms with Gasteiger partial charge in [0.25, 0.3) is 0 Å². The first kappa shape index (κ1) is 13.5. The molecule has 0 radical (unpaired) electrons. The van der Waals surface area contributed by atoms with Gasteiger partial charge in [0.2, 0.25) is 5.91 Å². The molecule has 1 N–H and O–H groups in total. The Morgan fingerprint density at radius 1 is 1.47 bits per heavy atom. The number of carbonyl (C=O) groups excluding carboxylic acids is 1. The van der Waals surface area contributed by atoms with E-state index < -0.39 is 11.8 Å². The molecule has 0 aliphatic carbocycles. The van der Waals surface area contributed by atoms with Crippen molar-refractivity contribution >= 4 is 17.6 Å². The number of carboxylic acid groups (broad SMARTS) is 1. The van der Waals surface area contributed by atoms with Crippen LogP contribution in [0.4, 0.5) is 10.1 Å². The van der Waals surface area contributed by atoms with Crippen LogP contribution in [0.3, 0.4) is 0 Å². The SMILES string of the molecule is CC(=O)N1CCCC(CC(=O)O)c2cc(F)ccc21. The molecule has 1 aromatic carbocycles. The molecule has 1 amide bonds. The zero-order chi connectivity index (χ0) is 14.0. The molecule has 1 atom stereocenters. The molecule has 1 heterocycles. The van der Waals surface area contributed by atoms with E-state index in [9.17, 15) is 14.0 Å². The van der Waals surface area contributed by atoms with E-state index in [2.05, 4.69) is 0 Å². The van der Waals surface area contributed by atoms with Gasteiger partial charge in [-0.15, -0.1) is 0 Å². The van der Waals surface area contributed by atoms with E-state index in [-0.39, 0.29) is 18.2 Å². The van der Waals surface area contributed by atoms with E-state index in [4.69, 9.17) is 5.11 Å². The maximum Gasteiger partial charge on any atom is 0.303 e. The second-order valence-corrected chi connectivity index (χ2v) is 4.81. The van der Waals surface area contributed by atoms with Gasteiger partial charge in [-0.1, -0.05) is 0 Å². The molecular weight excluding hydrogens is 249 g/mol. The summed E-state index contributed by atoms with van der Waals surface area (Å²) in [7, 11) is 0. The highest BCUT2D eigenvalue weighted by Crippen LogP contribution is 2.36. The molecule has 0 bridgehead atoms. The number of hydrogen-bond donors (Lipinski definition) is 1. The van der Waals surface area contributed by atoms with Gasteiger partial charge in [0.05, 0.1) is 6.42 Å². The van der Waals surface area contributed by atoms with Crippen LogP contribution in [-0.4, -0.2) is 23.5 Å². The number of fused-ring (bicyclic) bond motifs is 1. The van der Waals surface area contributed by atoms with Gasteiger partial charge in [-0.05, 0) is 42.5 Å². The predicted molar refractivity (Wildman–Crippen MR) is 68.7 cm³/mol. The van der Waals surface area contributed by atoms with E-state index >= 15 is 0 Å². The zero-order valence-corrected chi connectivity index (χ0v) is 10.7. The summed E-state index contributed by atoms with van der Waals surface area (Å²) < 4.78 is 13.4. The monoisotopic (exact) mass is 265 g/mol. The third kappa shape index (κ3) is 2.92. The van der Waals surface area contributed by atoms with Gasteiger partial charge in [-0.2, -0.15) is 0 Å². The number of anilines is 1. The van der Waals surface area contributed by atoms with Gasteiger partial charge in [-0.25, -0.2) is 4.39 Å². The number of carbonyl (C=O) groups is 2. The topological polar surface area (TPSA) is 57.6 Å².